The Morgan fingerprint density at radius 1 is 1.31 bits per heavy atom. The van der Waals surface area contributed by atoms with Gasteiger partial charge in [-0.2, -0.15) is 0 Å². The van der Waals surface area contributed by atoms with E-state index in [9.17, 15) is 0 Å². The molecule has 0 bridgehead atoms. The number of rotatable bonds is 2. The number of pyridine rings is 1. The predicted molar refractivity (Wildman–Crippen MR) is 62.9 cm³/mol. The summed E-state index contributed by atoms with van der Waals surface area (Å²) in [5.41, 5.74) is 14.9. The fourth-order valence-electron chi connectivity index (χ4n) is 1.87. The van der Waals surface area contributed by atoms with Gasteiger partial charge < -0.3 is 15.9 Å². The fourth-order valence-corrected chi connectivity index (χ4v) is 1.87. The van der Waals surface area contributed by atoms with E-state index in [-0.39, 0.29) is 6.04 Å². The zero-order valence-electron chi connectivity index (χ0n) is 9.40. The highest BCUT2D eigenvalue weighted by molar-refractivity contribution is 5.49. The van der Waals surface area contributed by atoms with Crippen molar-refractivity contribution < 1.29 is 4.42 Å². The lowest BCUT2D eigenvalue weighted by atomic mass is 9.97. The van der Waals surface area contributed by atoms with Crippen molar-refractivity contribution >= 4 is 5.82 Å². The molecule has 0 spiro atoms. The molecule has 0 aliphatic carbocycles. The van der Waals surface area contributed by atoms with Crippen LogP contribution < -0.4 is 11.5 Å². The lowest BCUT2D eigenvalue weighted by molar-refractivity contribution is 0.527. The van der Waals surface area contributed by atoms with Crippen molar-refractivity contribution in [2.75, 3.05) is 5.73 Å². The van der Waals surface area contributed by atoms with Crippen molar-refractivity contribution in [1.82, 2.24) is 4.98 Å². The summed E-state index contributed by atoms with van der Waals surface area (Å²) in [4.78, 5) is 4.07. The van der Waals surface area contributed by atoms with Crippen LogP contribution in [0.15, 0.2) is 29.0 Å². The van der Waals surface area contributed by atoms with Gasteiger partial charge in [0.1, 0.15) is 11.6 Å². The predicted octanol–water partition coefficient (Wildman–Crippen LogP) is 1.92. The van der Waals surface area contributed by atoms with Gasteiger partial charge in [-0.3, -0.25) is 0 Å². The Morgan fingerprint density at radius 2 is 2.06 bits per heavy atom. The number of anilines is 1. The van der Waals surface area contributed by atoms with Crippen molar-refractivity contribution in [2.24, 2.45) is 5.73 Å². The Labute approximate surface area is 94.3 Å². The number of hydrogen-bond acceptors (Lipinski definition) is 4. The van der Waals surface area contributed by atoms with Gasteiger partial charge in [0.2, 0.25) is 0 Å². The second-order valence-electron chi connectivity index (χ2n) is 3.84. The smallest absolute Gasteiger partial charge is 0.128 e. The molecule has 4 nitrogen and oxygen atoms in total. The van der Waals surface area contributed by atoms with Crippen LogP contribution in [0.5, 0.6) is 0 Å². The molecule has 0 aromatic carbocycles. The van der Waals surface area contributed by atoms with Gasteiger partial charge in [0.15, 0.2) is 0 Å². The lowest BCUT2D eigenvalue weighted by Gasteiger charge is -2.15. The average molecular weight is 217 g/mol. The Morgan fingerprint density at radius 3 is 2.62 bits per heavy atom. The van der Waals surface area contributed by atoms with Crippen molar-refractivity contribution in [3.8, 4) is 0 Å². The molecule has 0 saturated heterocycles. The van der Waals surface area contributed by atoms with E-state index in [2.05, 4.69) is 4.98 Å². The maximum Gasteiger partial charge on any atom is 0.128 e. The second kappa shape index (κ2) is 3.98. The van der Waals surface area contributed by atoms with Crippen molar-refractivity contribution in [3.63, 3.8) is 0 Å². The van der Waals surface area contributed by atoms with E-state index in [0.717, 1.165) is 22.5 Å². The Bertz CT molecular complexity index is 484. The minimum absolute atomic E-state index is 0.285. The molecule has 0 radical (unpaired) electrons. The standard InChI is InChI=1S/C12H15N3O/c1-7-3-5-15-12(14)10(7)11(13)9-4-6-16-8(9)2/h3-6,11H,13H2,1-2H3,(H2,14,15). The topological polar surface area (TPSA) is 78.1 Å². The van der Waals surface area contributed by atoms with E-state index in [4.69, 9.17) is 15.9 Å². The normalized spacial score (nSPS) is 12.7. The summed E-state index contributed by atoms with van der Waals surface area (Å²) in [6.45, 7) is 3.86. The monoisotopic (exact) mass is 217 g/mol. The minimum atomic E-state index is -0.285. The molecule has 16 heavy (non-hydrogen) atoms. The van der Waals surface area contributed by atoms with Gasteiger partial charge in [-0.1, -0.05) is 0 Å². The molecular weight excluding hydrogens is 202 g/mol. The first-order valence-electron chi connectivity index (χ1n) is 5.12. The van der Waals surface area contributed by atoms with Gasteiger partial charge in [-0.05, 0) is 31.5 Å². The largest absolute Gasteiger partial charge is 0.469 e. The SMILES string of the molecule is Cc1ccnc(N)c1C(N)c1ccoc1C. The molecule has 0 aliphatic heterocycles. The third kappa shape index (κ3) is 1.67. The van der Waals surface area contributed by atoms with Crippen LogP contribution >= 0.6 is 0 Å². The van der Waals surface area contributed by atoms with Crippen molar-refractivity contribution in [2.45, 2.75) is 19.9 Å². The lowest BCUT2D eigenvalue weighted by Crippen LogP contribution is -2.16. The second-order valence-corrected chi connectivity index (χ2v) is 3.84. The van der Waals surface area contributed by atoms with E-state index >= 15 is 0 Å². The molecule has 2 aromatic rings. The van der Waals surface area contributed by atoms with Crippen LogP contribution in [0.25, 0.3) is 0 Å². The maximum absolute atomic E-state index is 6.18. The van der Waals surface area contributed by atoms with Gasteiger partial charge in [0, 0.05) is 17.3 Å². The van der Waals surface area contributed by atoms with Crippen LogP contribution in [0.1, 0.15) is 28.5 Å². The zero-order valence-corrected chi connectivity index (χ0v) is 9.40. The first-order valence-corrected chi connectivity index (χ1v) is 5.12. The van der Waals surface area contributed by atoms with Gasteiger partial charge in [-0.25, -0.2) is 4.98 Å². The van der Waals surface area contributed by atoms with Crippen LogP contribution in [0, 0.1) is 13.8 Å². The molecule has 1 atom stereocenters. The molecule has 0 saturated carbocycles. The zero-order chi connectivity index (χ0) is 11.7. The van der Waals surface area contributed by atoms with Gasteiger partial charge in [0.05, 0.1) is 12.3 Å². The van der Waals surface area contributed by atoms with Crippen molar-refractivity contribution in [3.05, 3.63) is 47.0 Å². The quantitative estimate of drug-likeness (QED) is 0.805. The average Bonchev–Trinajstić information content (AvgIpc) is 2.64. The first-order chi connectivity index (χ1) is 7.61. The third-order valence-electron chi connectivity index (χ3n) is 2.78. The highest BCUT2D eigenvalue weighted by atomic mass is 16.3. The Balaban J connectivity index is 2.49. The number of nitrogen functional groups attached to an aromatic ring is 1. The summed E-state index contributed by atoms with van der Waals surface area (Å²) in [6, 6.07) is 3.49. The van der Waals surface area contributed by atoms with Crippen molar-refractivity contribution in [1.29, 1.82) is 0 Å². The summed E-state index contributed by atoms with van der Waals surface area (Å²) >= 11 is 0. The van der Waals surface area contributed by atoms with E-state index in [0.29, 0.717) is 5.82 Å². The molecule has 1 unspecified atom stereocenters. The number of aromatic nitrogens is 1. The van der Waals surface area contributed by atoms with E-state index in [1.807, 2.05) is 26.0 Å². The van der Waals surface area contributed by atoms with Gasteiger partial charge in [0.25, 0.3) is 0 Å². The molecule has 4 N–H and O–H groups in total. The molecule has 4 heteroatoms. The number of furan rings is 1. The Hall–Kier alpha value is -1.81. The van der Waals surface area contributed by atoms with Gasteiger partial charge >= 0.3 is 0 Å². The summed E-state index contributed by atoms with van der Waals surface area (Å²) in [5.74, 6) is 1.29. The summed E-state index contributed by atoms with van der Waals surface area (Å²) < 4.78 is 5.25. The maximum atomic E-state index is 6.18. The van der Waals surface area contributed by atoms with Crippen LogP contribution in [0.3, 0.4) is 0 Å². The van der Waals surface area contributed by atoms with Crippen LogP contribution in [-0.4, -0.2) is 4.98 Å². The first kappa shape index (κ1) is 10.7. The highest BCUT2D eigenvalue weighted by Crippen LogP contribution is 2.28. The Kier molecular flexibility index (Phi) is 2.66. The molecule has 84 valence electrons. The third-order valence-corrected chi connectivity index (χ3v) is 2.78. The molecule has 0 fully saturated rings. The highest BCUT2D eigenvalue weighted by Gasteiger charge is 2.18. The van der Waals surface area contributed by atoms with Crippen LogP contribution in [-0.2, 0) is 0 Å². The molecule has 0 aliphatic rings. The molecular formula is C12H15N3O. The number of nitrogens with zero attached hydrogens (tertiary/aromatic N) is 1. The molecule has 2 aromatic heterocycles. The van der Waals surface area contributed by atoms with Crippen LogP contribution in [0.2, 0.25) is 0 Å². The molecule has 2 heterocycles. The fraction of sp³-hybridized carbons (Fsp3) is 0.250. The number of hydrogen-bond donors (Lipinski definition) is 2. The van der Waals surface area contributed by atoms with Gasteiger partial charge in [-0.15, -0.1) is 0 Å². The number of aryl methyl sites for hydroxylation is 2. The molecule has 0 amide bonds. The molecule has 2 rings (SSSR count). The summed E-state index contributed by atoms with van der Waals surface area (Å²) in [6.07, 6.45) is 3.32. The summed E-state index contributed by atoms with van der Waals surface area (Å²) in [5, 5.41) is 0. The number of nitrogens with two attached hydrogens (primary N) is 2. The minimum Gasteiger partial charge on any atom is -0.469 e. The van der Waals surface area contributed by atoms with E-state index < -0.39 is 0 Å². The van der Waals surface area contributed by atoms with E-state index in [1.54, 1.807) is 12.5 Å². The summed E-state index contributed by atoms with van der Waals surface area (Å²) in [7, 11) is 0. The van der Waals surface area contributed by atoms with E-state index in [1.165, 1.54) is 0 Å². The van der Waals surface area contributed by atoms with Crippen LogP contribution in [0.4, 0.5) is 5.82 Å².